The lowest BCUT2D eigenvalue weighted by Crippen LogP contribution is -2.05. The Labute approximate surface area is 130 Å². The fourth-order valence-corrected chi connectivity index (χ4v) is 3.97. The fraction of sp³-hybridized carbons (Fsp3) is 0.250. The van der Waals surface area contributed by atoms with Crippen molar-refractivity contribution in [3.8, 4) is 11.1 Å². The van der Waals surface area contributed by atoms with E-state index in [1.54, 1.807) is 0 Å². The van der Waals surface area contributed by atoms with E-state index in [4.69, 9.17) is 5.73 Å². The van der Waals surface area contributed by atoms with E-state index in [1.807, 2.05) is 6.07 Å². The summed E-state index contributed by atoms with van der Waals surface area (Å²) in [5.74, 6) is -0.573. The Morgan fingerprint density at radius 1 is 1.14 bits per heavy atom. The molecule has 1 N–H and O–H groups in total. The Morgan fingerprint density at radius 2 is 1.95 bits per heavy atom. The van der Waals surface area contributed by atoms with Crippen LogP contribution in [0.4, 0.5) is 0 Å². The molecule has 0 atom stereocenters. The van der Waals surface area contributed by atoms with Crippen molar-refractivity contribution in [3.63, 3.8) is 0 Å². The van der Waals surface area contributed by atoms with Gasteiger partial charge in [-0.3, -0.25) is 10.5 Å². The monoisotopic (exact) mass is 288 g/mol. The second-order valence-corrected chi connectivity index (χ2v) is 6.44. The molecule has 0 aromatic heterocycles. The number of carbonyl (C=O) groups is 1. The maximum atomic E-state index is 11.9. The van der Waals surface area contributed by atoms with Crippen molar-refractivity contribution >= 4 is 12.0 Å². The topological polar surface area (TPSA) is 40.9 Å². The van der Waals surface area contributed by atoms with Gasteiger partial charge in [0.05, 0.1) is 0 Å². The SMILES string of the molecule is CC1=Cc2c(cccc2-c2c(C([NH])=O)cc3c(C)c2CC3)C1. The average molecular weight is 288 g/mol. The molecule has 0 fully saturated rings. The number of benzene rings is 2. The van der Waals surface area contributed by atoms with E-state index in [2.05, 4.69) is 38.1 Å². The number of nitrogens with one attached hydrogen (secondary N) is 1. The number of carbonyl (C=O) groups excluding carboxylic acids is 1. The molecule has 0 aliphatic heterocycles. The zero-order chi connectivity index (χ0) is 15.4. The molecule has 2 aromatic carbocycles. The van der Waals surface area contributed by atoms with E-state index in [9.17, 15) is 4.79 Å². The Hall–Kier alpha value is -2.35. The molecule has 22 heavy (non-hydrogen) atoms. The zero-order valence-corrected chi connectivity index (χ0v) is 12.9. The van der Waals surface area contributed by atoms with Crippen LogP contribution in [0.5, 0.6) is 0 Å². The summed E-state index contributed by atoms with van der Waals surface area (Å²) in [6.07, 6.45) is 5.19. The summed E-state index contributed by atoms with van der Waals surface area (Å²) < 4.78 is 0. The van der Waals surface area contributed by atoms with Crippen LogP contribution in [-0.2, 0) is 19.3 Å². The largest absolute Gasteiger partial charge is 0.270 e. The van der Waals surface area contributed by atoms with Crippen molar-refractivity contribution in [2.45, 2.75) is 33.1 Å². The molecule has 0 spiro atoms. The summed E-state index contributed by atoms with van der Waals surface area (Å²) in [5, 5.41) is 0. The molecule has 0 saturated carbocycles. The van der Waals surface area contributed by atoms with Gasteiger partial charge in [0.15, 0.2) is 0 Å². The van der Waals surface area contributed by atoms with Gasteiger partial charge in [0.2, 0.25) is 0 Å². The van der Waals surface area contributed by atoms with Crippen molar-refractivity contribution in [2.24, 2.45) is 0 Å². The molecule has 2 heteroatoms. The highest BCUT2D eigenvalue weighted by molar-refractivity contribution is 6.02. The second-order valence-electron chi connectivity index (χ2n) is 6.44. The first-order valence-corrected chi connectivity index (χ1v) is 7.77. The van der Waals surface area contributed by atoms with Crippen LogP contribution in [0.15, 0.2) is 29.8 Å². The minimum Gasteiger partial charge on any atom is -0.267 e. The van der Waals surface area contributed by atoms with Crippen LogP contribution in [0.3, 0.4) is 0 Å². The van der Waals surface area contributed by atoms with Crippen LogP contribution in [0.25, 0.3) is 17.2 Å². The zero-order valence-electron chi connectivity index (χ0n) is 12.9. The van der Waals surface area contributed by atoms with Gasteiger partial charge in [0, 0.05) is 5.56 Å². The first kappa shape index (κ1) is 13.3. The quantitative estimate of drug-likeness (QED) is 0.818. The first-order valence-electron chi connectivity index (χ1n) is 7.77. The van der Waals surface area contributed by atoms with E-state index >= 15 is 0 Å². The summed E-state index contributed by atoms with van der Waals surface area (Å²) in [5.41, 5.74) is 18.1. The molecular weight excluding hydrogens is 270 g/mol. The number of allylic oxidation sites excluding steroid dienone is 1. The van der Waals surface area contributed by atoms with Crippen LogP contribution in [0.2, 0.25) is 0 Å². The van der Waals surface area contributed by atoms with Crippen LogP contribution in [0.1, 0.15) is 45.1 Å². The van der Waals surface area contributed by atoms with Gasteiger partial charge in [-0.05, 0) is 78.1 Å². The van der Waals surface area contributed by atoms with Crippen molar-refractivity contribution in [2.75, 3.05) is 0 Å². The second kappa shape index (κ2) is 4.57. The van der Waals surface area contributed by atoms with E-state index in [0.29, 0.717) is 5.56 Å². The molecule has 1 radical (unpaired) electrons. The summed E-state index contributed by atoms with van der Waals surface area (Å²) in [6, 6.07) is 8.28. The molecule has 2 aliphatic rings. The third-order valence-corrected chi connectivity index (χ3v) is 5.04. The fourth-order valence-electron chi connectivity index (χ4n) is 3.97. The van der Waals surface area contributed by atoms with Crippen LogP contribution >= 0.6 is 0 Å². The molecular formula is C20H18NO. The number of fused-ring (bicyclic) bond motifs is 3. The Morgan fingerprint density at radius 3 is 2.73 bits per heavy atom. The van der Waals surface area contributed by atoms with Gasteiger partial charge >= 0.3 is 0 Å². The molecule has 4 rings (SSSR count). The normalized spacial score (nSPS) is 14.9. The van der Waals surface area contributed by atoms with Gasteiger partial charge in [0.25, 0.3) is 5.91 Å². The minimum absolute atomic E-state index is 0.569. The highest BCUT2D eigenvalue weighted by atomic mass is 16.1. The predicted octanol–water partition coefficient (Wildman–Crippen LogP) is 4.14. The summed E-state index contributed by atoms with van der Waals surface area (Å²) in [7, 11) is 0. The Bertz CT molecular complexity index is 858. The Balaban J connectivity index is 2.06. The van der Waals surface area contributed by atoms with Gasteiger partial charge in [0.1, 0.15) is 0 Å². The summed E-state index contributed by atoms with van der Waals surface area (Å²) in [6.45, 7) is 4.29. The van der Waals surface area contributed by atoms with Crippen molar-refractivity contribution < 1.29 is 4.79 Å². The van der Waals surface area contributed by atoms with Gasteiger partial charge in [-0.25, -0.2) is 0 Å². The third-order valence-electron chi connectivity index (χ3n) is 5.04. The smallest absolute Gasteiger partial charge is 0.267 e. The predicted molar refractivity (Wildman–Crippen MR) is 88.8 cm³/mol. The lowest BCUT2D eigenvalue weighted by molar-refractivity contribution is 0.0992. The number of hydrogen-bond acceptors (Lipinski definition) is 1. The standard InChI is InChI=1S/C20H18NO/c1-11-8-14-4-3-5-16(17(14)9-11)19-15-7-6-13(12(15)2)10-18(19)20(21)22/h3-5,9-10,21H,6-8H2,1-2H3. The van der Waals surface area contributed by atoms with E-state index in [-0.39, 0.29) is 0 Å². The number of hydrogen-bond donors (Lipinski definition) is 0. The lowest BCUT2D eigenvalue weighted by atomic mass is 9.88. The van der Waals surface area contributed by atoms with Gasteiger partial charge in [-0.2, -0.15) is 0 Å². The molecule has 0 saturated heterocycles. The van der Waals surface area contributed by atoms with Crippen molar-refractivity contribution in [1.29, 1.82) is 0 Å². The van der Waals surface area contributed by atoms with Crippen LogP contribution in [-0.4, -0.2) is 5.91 Å². The number of rotatable bonds is 2. The molecule has 0 unspecified atom stereocenters. The molecule has 1 amide bonds. The summed E-state index contributed by atoms with van der Waals surface area (Å²) >= 11 is 0. The van der Waals surface area contributed by atoms with E-state index in [0.717, 1.165) is 30.4 Å². The molecule has 2 bridgehead atoms. The maximum Gasteiger partial charge on any atom is 0.270 e. The van der Waals surface area contributed by atoms with Gasteiger partial charge in [-0.15, -0.1) is 0 Å². The van der Waals surface area contributed by atoms with Crippen LogP contribution < -0.4 is 5.73 Å². The molecule has 2 nitrogen and oxygen atoms in total. The first-order chi connectivity index (χ1) is 10.6. The average Bonchev–Trinajstić information content (AvgIpc) is 2.94. The van der Waals surface area contributed by atoms with Crippen molar-refractivity contribution in [1.82, 2.24) is 5.73 Å². The molecule has 109 valence electrons. The highest BCUT2D eigenvalue weighted by Gasteiger charge is 2.26. The van der Waals surface area contributed by atoms with Gasteiger partial charge in [-0.1, -0.05) is 29.8 Å². The minimum atomic E-state index is -0.573. The lowest BCUT2D eigenvalue weighted by Gasteiger charge is -2.15. The number of amides is 1. The maximum absolute atomic E-state index is 11.9. The molecule has 2 aliphatic carbocycles. The Kier molecular flexibility index (Phi) is 2.77. The van der Waals surface area contributed by atoms with E-state index < -0.39 is 5.91 Å². The third kappa shape index (κ3) is 1.77. The molecule has 2 aromatic rings. The van der Waals surface area contributed by atoms with E-state index in [1.165, 1.54) is 33.4 Å². The van der Waals surface area contributed by atoms with Crippen molar-refractivity contribution in [3.05, 3.63) is 63.2 Å². The highest BCUT2D eigenvalue weighted by Crippen LogP contribution is 2.41. The number of aryl methyl sites for hydroxylation is 1. The summed E-state index contributed by atoms with van der Waals surface area (Å²) in [4.78, 5) is 11.9. The molecule has 0 heterocycles. The van der Waals surface area contributed by atoms with Crippen LogP contribution in [0, 0.1) is 6.92 Å². The van der Waals surface area contributed by atoms with Gasteiger partial charge < -0.3 is 0 Å².